The normalized spacial score (nSPS) is 18.1. The fourth-order valence-corrected chi connectivity index (χ4v) is 7.40. The Bertz CT molecular complexity index is 2100. The largest absolute Gasteiger partial charge is 0.453 e. The number of likely N-dealkylation sites (tertiary alicyclic amines) is 2. The Labute approximate surface area is 332 Å². The molecule has 5 heterocycles. The number of nitrogens with zero attached hydrogens (tertiary/aromatic N) is 6. The van der Waals surface area contributed by atoms with Gasteiger partial charge in [-0.3, -0.25) is 9.59 Å². The standard InChI is InChI=1S/C39H47F3N10O6/c1-20(2)28(48-37(55)57-5)35(53)51-15-7-9-26(51)33-45-19-25(46-33)24-17-43-32(44-18-24)23-13-11-22(12-14-23)30-31(39(40,41)42)50-34(47-30)27-10-8-16-52(27)36(54)29(21(3)4)49-38(56)58-6/h11-14,17-21,26-29H,7-10,15-16H2,1-6H3,(H,45,46)(H,47,50)(H,48,55)(H,49,56)/t26-,27-,28+,29+/m1/s1. The van der Waals surface area contributed by atoms with E-state index in [4.69, 9.17) is 4.74 Å². The topological polar surface area (TPSA) is 200 Å². The molecule has 0 spiro atoms. The van der Waals surface area contributed by atoms with Crippen molar-refractivity contribution in [3.8, 4) is 33.9 Å². The van der Waals surface area contributed by atoms with Crippen LogP contribution in [-0.2, 0) is 25.2 Å². The second-order valence-electron chi connectivity index (χ2n) is 15.0. The van der Waals surface area contributed by atoms with Crippen LogP contribution >= 0.6 is 0 Å². The highest BCUT2D eigenvalue weighted by Crippen LogP contribution is 2.40. The summed E-state index contributed by atoms with van der Waals surface area (Å²) in [6.07, 6.45) is 0.981. The maximum atomic E-state index is 14.4. The second kappa shape index (κ2) is 17.2. The Morgan fingerprint density at radius 1 is 0.724 bits per heavy atom. The molecule has 0 unspecified atom stereocenters. The van der Waals surface area contributed by atoms with Crippen LogP contribution in [0.5, 0.6) is 0 Å². The number of hydrogen-bond donors (Lipinski definition) is 4. The lowest BCUT2D eigenvalue weighted by Crippen LogP contribution is -2.51. The summed E-state index contributed by atoms with van der Waals surface area (Å²) in [4.78, 5) is 77.8. The summed E-state index contributed by atoms with van der Waals surface area (Å²) in [5, 5.41) is 5.18. The Morgan fingerprint density at radius 3 is 1.71 bits per heavy atom. The lowest BCUT2D eigenvalue weighted by atomic mass is 10.0. The van der Waals surface area contributed by atoms with Crippen LogP contribution in [0.25, 0.3) is 33.9 Å². The zero-order valence-corrected chi connectivity index (χ0v) is 33.0. The molecule has 2 aliphatic heterocycles. The third-order valence-electron chi connectivity index (χ3n) is 10.5. The summed E-state index contributed by atoms with van der Waals surface area (Å²) < 4.78 is 52.6. The summed E-state index contributed by atoms with van der Waals surface area (Å²) in [6, 6.07) is 3.45. The molecule has 58 heavy (non-hydrogen) atoms. The van der Waals surface area contributed by atoms with Gasteiger partial charge in [0.05, 0.1) is 38.2 Å². The minimum atomic E-state index is -4.77. The fourth-order valence-electron chi connectivity index (χ4n) is 7.40. The number of nitrogens with one attached hydrogen (secondary N) is 4. The number of hydrogen-bond acceptors (Lipinski definition) is 10. The lowest BCUT2D eigenvalue weighted by molar-refractivity contribution is -0.140. The average Bonchev–Trinajstić information content (AvgIpc) is 4.04. The van der Waals surface area contributed by atoms with Gasteiger partial charge in [0.25, 0.3) is 0 Å². The van der Waals surface area contributed by atoms with Crippen LogP contribution in [0.15, 0.2) is 42.9 Å². The van der Waals surface area contributed by atoms with E-state index in [1.165, 1.54) is 31.3 Å². The number of rotatable bonds is 11. The monoisotopic (exact) mass is 808 g/mol. The number of H-pyrrole nitrogens is 2. The fraction of sp³-hybridized carbons (Fsp3) is 0.487. The third-order valence-corrected chi connectivity index (χ3v) is 10.5. The first kappa shape index (κ1) is 41.6. The number of aromatic amines is 2. The van der Waals surface area contributed by atoms with Crippen LogP contribution in [0, 0.1) is 11.8 Å². The summed E-state index contributed by atoms with van der Waals surface area (Å²) in [6.45, 7) is 8.00. The van der Waals surface area contributed by atoms with Gasteiger partial charge in [-0.05, 0) is 37.5 Å². The van der Waals surface area contributed by atoms with Crippen LogP contribution in [0.4, 0.5) is 22.8 Å². The Morgan fingerprint density at radius 2 is 1.22 bits per heavy atom. The summed E-state index contributed by atoms with van der Waals surface area (Å²) in [7, 11) is 2.43. The highest BCUT2D eigenvalue weighted by atomic mass is 19.4. The molecule has 1 aromatic carbocycles. The van der Waals surface area contributed by atoms with Gasteiger partial charge in [0.15, 0.2) is 5.82 Å². The van der Waals surface area contributed by atoms with E-state index < -0.39 is 48.1 Å². The molecule has 19 heteroatoms. The lowest BCUT2D eigenvalue weighted by Gasteiger charge is -2.30. The van der Waals surface area contributed by atoms with E-state index in [1.54, 1.807) is 49.5 Å². The molecule has 16 nitrogen and oxygen atoms in total. The molecule has 4 atom stereocenters. The number of carbonyl (C=O) groups excluding carboxylic acids is 4. The molecule has 4 aromatic rings. The Hall–Kier alpha value is -6.01. The van der Waals surface area contributed by atoms with Gasteiger partial charge in [0.2, 0.25) is 11.8 Å². The molecule has 4 N–H and O–H groups in total. The number of aromatic nitrogens is 6. The van der Waals surface area contributed by atoms with Crippen molar-refractivity contribution in [3.63, 3.8) is 0 Å². The van der Waals surface area contributed by atoms with Crippen LogP contribution in [-0.4, -0.2) is 103 Å². The van der Waals surface area contributed by atoms with E-state index in [1.807, 2.05) is 13.8 Å². The SMILES string of the molecule is COC(=O)N[C@H](C(=O)N1CCC[C@@H]1c1ncc(-c2cnc(-c3ccc(-c4nc([C@H]5CCCN5C(=O)[C@@H](NC(=O)OC)C(C)C)[nH]c4C(F)(F)F)cc3)nc2)[nH]1)C(C)C. The molecule has 6 rings (SSSR count). The van der Waals surface area contributed by atoms with E-state index in [2.05, 4.69) is 45.3 Å². The molecule has 2 fully saturated rings. The quantitative estimate of drug-likeness (QED) is 0.139. The van der Waals surface area contributed by atoms with E-state index >= 15 is 0 Å². The van der Waals surface area contributed by atoms with E-state index in [0.717, 1.165) is 6.42 Å². The zero-order chi connectivity index (χ0) is 41.9. The van der Waals surface area contributed by atoms with Crippen molar-refractivity contribution in [3.05, 3.63) is 60.2 Å². The molecule has 2 saturated heterocycles. The van der Waals surface area contributed by atoms with Crippen molar-refractivity contribution in [2.24, 2.45) is 11.8 Å². The van der Waals surface area contributed by atoms with Gasteiger partial charge in [-0.1, -0.05) is 52.0 Å². The predicted octanol–water partition coefficient (Wildman–Crippen LogP) is 6.03. The second-order valence-corrected chi connectivity index (χ2v) is 15.0. The van der Waals surface area contributed by atoms with Gasteiger partial charge in [0.1, 0.15) is 35.1 Å². The summed E-state index contributed by atoms with van der Waals surface area (Å²) >= 11 is 0. The maximum Gasteiger partial charge on any atom is 0.433 e. The smallest absolute Gasteiger partial charge is 0.433 e. The highest BCUT2D eigenvalue weighted by molar-refractivity contribution is 5.87. The number of halogens is 3. The number of carbonyl (C=O) groups is 4. The first-order valence-electron chi connectivity index (χ1n) is 19.1. The molecule has 3 aromatic heterocycles. The third kappa shape index (κ3) is 8.77. The van der Waals surface area contributed by atoms with Crippen molar-refractivity contribution >= 4 is 24.0 Å². The first-order valence-corrected chi connectivity index (χ1v) is 19.1. The Kier molecular flexibility index (Phi) is 12.4. The molecule has 2 aliphatic rings. The summed E-state index contributed by atoms with van der Waals surface area (Å²) in [5.41, 5.74) is 0.654. The number of alkyl halides is 3. The van der Waals surface area contributed by atoms with Crippen molar-refractivity contribution in [1.82, 2.24) is 50.3 Å². The Balaban J connectivity index is 1.18. The minimum absolute atomic E-state index is 0.00118. The van der Waals surface area contributed by atoms with Crippen LogP contribution in [0.3, 0.4) is 0 Å². The van der Waals surface area contributed by atoms with Crippen LogP contribution in [0.2, 0.25) is 0 Å². The first-order chi connectivity index (χ1) is 27.6. The summed E-state index contributed by atoms with van der Waals surface area (Å²) in [5.74, 6) is -0.213. The molecule has 310 valence electrons. The molecule has 4 amide bonds. The zero-order valence-electron chi connectivity index (χ0n) is 33.0. The number of amides is 4. The van der Waals surface area contributed by atoms with E-state index in [0.29, 0.717) is 60.8 Å². The molecule has 0 bridgehead atoms. The van der Waals surface area contributed by atoms with Crippen molar-refractivity contribution in [1.29, 1.82) is 0 Å². The van der Waals surface area contributed by atoms with Crippen molar-refractivity contribution in [2.45, 2.75) is 83.7 Å². The van der Waals surface area contributed by atoms with Gasteiger partial charge in [-0.25, -0.2) is 29.5 Å². The predicted molar refractivity (Wildman–Crippen MR) is 203 cm³/mol. The van der Waals surface area contributed by atoms with E-state index in [-0.39, 0.29) is 40.9 Å². The maximum absolute atomic E-state index is 14.4. The number of imidazole rings is 2. The minimum Gasteiger partial charge on any atom is -0.453 e. The number of alkyl carbamates (subject to hydrolysis) is 2. The number of ether oxygens (including phenoxy) is 2. The molecular weight excluding hydrogens is 761 g/mol. The van der Waals surface area contributed by atoms with Gasteiger partial charge in [0, 0.05) is 42.2 Å². The van der Waals surface area contributed by atoms with Crippen molar-refractivity contribution < 1.29 is 41.8 Å². The van der Waals surface area contributed by atoms with Crippen LogP contribution < -0.4 is 10.6 Å². The molecular formula is C39H47F3N10O6. The van der Waals surface area contributed by atoms with Crippen LogP contribution in [0.1, 0.15) is 82.8 Å². The van der Waals surface area contributed by atoms with E-state index in [9.17, 15) is 32.3 Å². The molecule has 0 saturated carbocycles. The number of methoxy groups -OCH3 is 2. The van der Waals surface area contributed by atoms with Gasteiger partial charge >= 0.3 is 18.4 Å². The number of benzene rings is 1. The molecule has 0 aliphatic carbocycles. The highest BCUT2D eigenvalue weighted by Gasteiger charge is 2.42. The van der Waals surface area contributed by atoms with Gasteiger partial charge in [-0.15, -0.1) is 0 Å². The average molecular weight is 809 g/mol. The van der Waals surface area contributed by atoms with Gasteiger partial charge < -0.3 is 39.9 Å². The van der Waals surface area contributed by atoms with Gasteiger partial charge in [-0.2, -0.15) is 13.2 Å². The molecule has 0 radical (unpaired) electrons. The van der Waals surface area contributed by atoms with Crippen molar-refractivity contribution in [2.75, 3.05) is 27.3 Å².